The largest absolute Gasteiger partial charge is 0.486 e. The fourth-order valence-electron chi connectivity index (χ4n) is 1.54. The third kappa shape index (κ3) is 4.13. The second-order valence-corrected chi connectivity index (χ2v) is 5.38. The van der Waals surface area contributed by atoms with E-state index in [0.717, 1.165) is 17.3 Å². The molecule has 18 heavy (non-hydrogen) atoms. The summed E-state index contributed by atoms with van der Waals surface area (Å²) in [6.07, 6.45) is 1.80. The van der Waals surface area contributed by atoms with Crippen LogP contribution in [0.5, 0.6) is 5.75 Å². The van der Waals surface area contributed by atoms with Crippen molar-refractivity contribution in [2.75, 3.05) is 0 Å². The quantitative estimate of drug-likeness (QED) is 0.868. The van der Waals surface area contributed by atoms with Crippen molar-refractivity contribution in [1.29, 1.82) is 0 Å². The molecule has 96 valence electrons. The lowest BCUT2D eigenvalue weighted by molar-refractivity contribution is 0.305. The molecule has 0 spiro atoms. The normalized spacial score (nSPS) is 10.8. The summed E-state index contributed by atoms with van der Waals surface area (Å²) in [6, 6.07) is 8.67. The second kappa shape index (κ2) is 6.52. The number of nitrogens with one attached hydrogen (secondary N) is 1. The van der Waals surface area contributed by atoms with Gasteiger partial charge in [0.05, 0.1) is 0 Å². The average molecular weight is 262 g/mol. The molecule has 0 aliphatic heterocycles. The monoisotopic (exact) mass is 262 g/mol. The van der Waals surface area contributed by atoms with Gasteiger partial charge in [-0.25, -0.2) is 4.98 Å². The van der Waals surface area contributed by atoms with E-state index in [0.29, 0.717) is 12.6 Å². The van der Waals surface area contributed by atoms with E-state index in [2.05, 4.69) is 36.3 Å². The van der Waals surface area contributed by atoms with Crippen LogP contribution in [0.4, 0.5) is 0 Å². The van der Waals surface area contributed by atoms with Crippen molar-refractivity contribution >= 4 is 11.3 Å². The average Bonchev–Trinajstić information content (AvgIpc) is 2.87. The molecule has 0 amide bonds. The van der Waals surface area contributed by atoms with Crippen LogP contribution in [0.25, 0.3) is 0 Å². The van der Waals surface area contributed by atoms with Crippen LogP contribution in [0, 0.1) is 0 Å². The molecule has 1 N–H and O–H groups in total. The highest BCUT2D eigenvalue weighted by Gasteiger charge is 2.00. The molecule has 0 aliphatic carbocycles. The molecule has 0 saturated heterocycles. The maximum absolute atomic E-state index is 5.72. The summed E-state index contributed by atoms with van der Waals surface area (Å²) in [5.41, 5.74) is 1.24. The molecule has 1 aromatic carbocycles. The summed E-state index contributed by atoms with van der Waals surface area (Å²) in [4.78, 5) is 4.19. The Morgan fingerprint density at radius 1 is 1.39 bits per heavy atom. The molecule has 2 aromatic rings. The van der Waals surface area contributed by atoms with Gasteiger partial charge in [-0.3, -0.25) is 0 Å². The van der Waals surface area contributed by atoms with Crippen molar-refractivity contribution in [3.63, 3.8) is 0 Å². The van der Waals surface area contributed by atoms with Gasteiger partial charge in [-0.2, -0.15) is 0 Å². The Kier molecular flexibility index (Phi) is 4.73. The van der Waals surface area contributed by atoms with Crippen molar-refractivity contribution in [3.8, 4) is 5.75 Å². The molecule has 0 unspecified atom stereocenters. The Balaban J connectivity index is 1.90. The molecule has 0 aliphatic rings. The Labute approximate surface area is 112 Å². The summed E-state index contributed by atoms with van der Waals surface area (Å²) in [5.74, 6) is 0.897. The zero-order valence-electron chi connectivity index (χ0n) is 10.7. The molecule has 1 heterocycles. The van der Waals surface area contributed by atoms with Gasteiger partial charge in [0.2, 0.25) is 0 Å². The van der Waals surface area contributed by atoms with E-state index < -0.39 is 0 Å². The smallest absolute Gasteiger partial charge is 0.140 e. The van der Waals surface area contributed by atoms with Gasteiger partial charge in [0, 0.05) is 24.2 Å². The van der Waals surface area contributed by atoms with Crippen molar-refractivity contribution in [3.05, 3.63) is 46.4 Å². The molecule has 0 atom stereocenters. The lowest BCUT2D eigenvalue weighted by Gasteiger charge is -2.10. The molecule has 0 saturated carbocycles. The van der Waals surface area contributed by atoms with Crippen LogP contribution in [-0.4, -0.2) is 11.0 Å². The van der Waals surface area contributed by atoms with Crippen molar-refractivity contribution < 1.29 is 4.74 Å². The maximum atomic E-state index is 5.72. The molecule has 2 rings (SSSR count). The number of hydrogen-bond acceptors (Lipinski definition) is 4. The van der Waals surface area contributed by atoms with Crippen molar-refractivity contribution in [1.82, 2.24) is 10.3 Å². The summed E-state index contributed by atoms with van der Waals surface area (Å²) in [6.45, 7) is 5.69. The second-order valence-electron chi connectivity index (χ2n) is 4.40. The predicted molar refractivity (Wildman–Crippen MR) is 74.9 cm³/mol. The Morgan fingerprint density at radius 2 is 2.28 bits per heavy atom. The van der Waals surface area contributed by atoms with Gasteiger partial charge in [-0.15, -0.1) is 11.3 Å². The molecule has 4 heteroatoms. The highest BCUT2D eigenvalue weighted by molar-refractivity contribution is 7.09. The topological polar surface area (TPSA) is 34.1 Å². The standard InChI is InChI=1S/C14H18N2OS/c1-11(2)16-9-12-4-3-5-13(8-12)17-10-14-15-6-7-18-14/h3-8,11,16H,9-10H2,1-2H3. The number of ether oxygens (including phenoxy) is 1. The van der Waals surface area contributed by atoms with Crippen LogP contribution < -0.4 is 10.1 Å². The molecule has 0 radical (unpaired) electrons. The predicted octanol–water partition coefficient (Wildman–Crippen LogP) is 3.22. The van der Waals surface area contributed by atoms with Gasteiger partial charge >= 0.3 is 0 Å². The van der Waals surface area contributed by atoms with Crippen molar-refractivity contribution in [2.45, 2.75) is 33.0 Å². The van der Waals surface area contributed by atoms with Crippen LogP contribution in [-0.2, 0) is 13.2 Å². The lowest BCUT2D eigenvalue weighted by atomic mass is 10.2. The minimum atomic E-state index is 0.491. The van der Waals surface area contributed by atoms with E-state index in [4.69, 9.17) is 4.74 Å². The van der Waals surface area contributed by atoms with Crippen LogP contribution in [0.3, 0.4) is 0 Å². The first-order valence-corrected chi connectivity index (χ1v) is 6.95. The highest BCUT2D eigenvalue weighted by atomic mass is 32.1. The van der Waals surface area contributed by atoms with Crippen LogP contribution >= 0.6 is 11.3 Å². The van der Waals surface area contributed by atoms with E-state index in [1.165, 1.54) is 5.56 Å². The maximum Gasteiger partial charge on any atom is 0.140 e. The number of aromatic nitrogens is 1. The zero-order chi connectivity index (χ0) is 12.8. The molecule has 1 aromatic heterocycles. The number of rotatable bonds is 6. The first-order chi connectivity index (χ1) is 8.74. The first-order valence-electron chi connectivity index (χ1n) is 6.07. The minimum Gasteiger partial charge on any atom is -0.486 e. The van der Waals surface area contributed by atoms with E-state index in [-0.39, 0.29) is 0 Å². The summed E-state index contributed by atoms with van der Waals surface area (Å²) in [5, 5.41) is 6.35. The van der Waals surface area contributed by atoms with E-state index in [1.54, 1.807) is 17.5 Å². The molecular formula is C14H18N2OS. The van der Waals surface area contributed by atoms with Gasteiger partial charge < -0.3 is 10.1 Å². The number of hydrogen-bond donors (Lipinski definition) is 1. The van der Waals surface area contributed by atoms with E-state index in [1.807, 2.05) is 17.5 Å². The number of nitrogens with zero attached hydrogens (tertiary/aromatic N) is 1. The summed E-state index contributed by atoms with van der Waals surface area (Å²) in [7, 11) is 0. The highest BCUT2D eigenvalue weighted by Crippen LogP contribution is 2.16. The number of thiazole rings is 1. The van der Waals surface area contributed by atoms with Crippen LogP contribution in [0.2, 0.25) is 0 Å². The zero-order valence-corrected chi connectivity index (χ0v) is 11.5. The Bertz CT molecular complexity index is 468. The third-order valence-electron chi connectivity index (χ3n) is 2.46. The van der Waals surface area contributed by atoms with Crippen molar-refractivity contribution in [2.24, 2.45) is 0 Å². The van der Waals surface area contributed by atoms with E-state index in [9.17, 15) is 0 Å². The lowest BCUT2D eigenvalue weighted by Crippen LogP contribution is -2.21. The van der Waals surface area contributed by atoms with Gasteiger partial charge in [0.15, 0.2) is 0 Å². The SMILES string of the molecule is CC(C)NCc1cccc(OCc2nccs2)c1. The first kappa shape index (κ1) is 13.1. The van der Waals surface area contributed by atoms with Crippen LogP contribution in [0.15, 0.2) is 35.8 Å². The fourth-order valence-corrected chi connectivity index (χ4v) is 2.06. The van der Waals surface area contributed by atoms with Crippen LogP contribution in [0.1, 0.15) is 24.4 Å². The Hall–Kier alpha value is -1.39. The Morgan fingerprint density at radius 3 is 3.00 bits per heavy atom. The third-order valence-corrected chi connectivity index (χ3v) is 3.21. The van der Waals surface area contributed by atoms with Gasteiger partial charge in [-0.1, -0.05) is 26.0 Å². The summed E-state index contributed by atoms with van der Waals surface area (Å²) >= 11 is 1.61. The molecule has 0 bridgehead atoms. The number of benzene rings is 1. The molecular weight excluding hydrogens is 244 g/mol. The summed E-state index contributed by atoms with van der Waals surface area (Å²) < 4.78 is 5.72. The van der Waals surface area contributed by atoms with Gasteiger partial charge in [-0.05, 0) is 17.7 Å². The van der Waals surface area contributed by atoms with E-state index >= 15 is 0 Å². The molecule has 3 nitrogen and oxygen atoms in total. The van der Waals surface area contributed by atoms with Gasteiger partial charge in [0.1, 0.15) is 17.4 Å². The molecule has 0 fully saturated rings. The minimum absolute atomic E-state index is 0.491. The van der Waals surface area contributed by atoms with Gasteiger partial charge in [0.25, 0.3) is 0 Å². The fraction of sp³-hybridized carbons (Fsp3) is 0.357.